The van der Waals surface area contributed by atoms with E-state index in [4.69, 9.17) is 9.47 Å². The van der Waals surface area contributed by atoms with Crippen LogP contribution in [0.1, 0.15) is 34.6 Å². The van der Waals surface area contributed by atoms with Gasteiger partial charge in [0.25, 0.3) is 5.91 Å². The Bertz CT molecular complexity index is 855. The Balaban J connectivity index is 1.69. The summed E-state index contributed by atoms with van der Waals surface area (Å²) in [6, 6.07) is 5.30. The summed E-state index contributed by atoms with van der Waals surface area (Å²) in [5.74, 6) is 1.34. The number of aryl methyl sites for hydroxylation is 2. The van der Waals surface area contributed by atoms with E-state index in [1.807, 2.05) is 0 Å². The van der Waals surface area contributed by atoms with Crippen molar-refractivity contribution >= 4 is 5.91 Å². The Hall–Kier alpha value is -2.61. The third-order valence-electron chi connectivity index (χ3n) is 4.68. The number of hydrogen-bond acceptors (Lipinski definition) is 5. The molecule has 3 rings (SSSR count). The van der Waals surface area contributed by atoms with Gasteiger partial charge in [-0.05, 0) is 31.0 Å². The van der Waals surface area contributed by atoms with Crippen LogP contribution in [0.4, 0.5) is 0 Å². The largest absolute Gasteiger partial charge is 0.496 e. The van der Waals surface area contributed by atoms with E-state index in [2.05, 4.69) is 10.4 Å². The highest BCUT2D eigenvalue weighted by Crippen LogP contribution is 2.21. The molecule has 0 bridgehead atoms. The van der Waals surface area contributed by atoms with Crippen LogP contribution >= 0.6 is 0 Å². The maximum Gasteiger partial charge on any atom is 0.345 e. The average Bonchev–Trinajstić information content (AvgIpc) is 2.79. The first kappa shape index (κ1) is 18.2. The molecule has 8 nitrogen and oxygen atoms in total. The minimum atomic E-state index is -0.137. The summed E-state index contributed by atoms with van der Waals surface area (Å²) in [6.45, 7) is 0.933. The molecule has 1 aliphatic rings. The van der Waals surface area contributed by atoms with Crippen molar-refractivity contribution in [1.29, 1.82) is 0 Å². The molecule has 1 unspecified atom stereocenters. The molecule has 0 aliphatic carbocycles. The molecule has 0 saturated heterocycles. The third-order valence-corrected chi connectivity index (χ3v) is 4.68. The summed E-state index contributed by atoms with van der Waals surface area (Å²) in [7, 11) is 4.85. The molecule has 1 amide bonds. The molecule has 1 aliphatic heterocycles. The Morgan fingerprint density at radius 3 is 2.88 bits per heavy atom. The van der Waals surface area contributed by atoms with Gasteiger partial charge in [0.2, 0.25) is 0 Å². The zero-order valence-corrected chi connectivity index (χ0v) is 15.3. The van der Waals surface area contributed by atoms with Crippen molar-refractivity contribution in [2.24, 2.45) is 7.05 Å². The summed E-state index contributed by atoms with van der Waals surface area (Å²) in [5, 5.41) is 7.33. The smallest absolute Gasteiger partial charge is 0.345 e. The lowest BCUT2D eigenvalue weighted by Gasteiger charge is -2.17. The van der Waals surface area contributed by atoms with E-state index in [1.165, 1.54) is 4.68 Å². The second-order valence-electron chi connectivity index (χ2n) is 6.43. The highest BCUT2D eigenvalue weighted by Gasteiger charge is 2.22. The van der Waals surface area contributed by atoms with Crippen molar-refractivity contribution in [2.75, 3.05) is 14.2 Å². The van der Waals surface area contributed by atoms with Gasteiger partial charge >= 0.3 is 5.69 Å². The van der Waals surface area contributed by atoms with Crippen molar-refractivity contribution in [2.45, 2.75) is 38.5 Å². The molecule has 0 spiro atoms. The molecule has 8 heteroatoms. The Kier molecular flexibility index (Phi) is 5.41. The molecular formula is C18H24N4O4. The van der Waals surface area contributed by atoms with Gasteiger partial charge in [-0.25, -0.2) is 9.48 Å². The van der Waals surface area contributed by atoms with Crippen LogP contribution in [0.15, 0.2) is 23.0 Å². The first-order valence-electron chi connectivity index (χ1n) is 8.63. The number of aromatic nitrogens is 3. The number of nitrogens with zero attached hydrogens (tertiary/aromatic N) is 3. The molecule has 2 heterocycles. The fraction of sp³-hybridized carbons (Fsp3) is 0.500. The van der Waals surface area contributed by atoms with Gasteiger partial charge in [0.15, 0.2) is 0 Å². The van der Waals surface area contributed by atoms with Gasteiger partial charge in [-0.3, -0.25) is 9.36 Å². The zero-order valence-electron chi connectivity index (χ0n) is 15.3. The zero-order chi connectivity index (χ0) is 18.7. The maximum atomic E-state index is 12.6. The van der Waals surface area contributed by atoms with Crippen LogP contribution < -0.4 is 15.7 Å². The molecule has 1 atom stereocenters. The molecule has 26 heavy (non-hydrogen) atoms. The molecule has 1 N–H and O–H groups in total. The van der Waals surface area contributed by atoms with Crippen molar-refractivity contribution in [3.63, 3.8) is 0 Å². The van der Waals surface area contributed by atoms with E-state index >= 15 is 0 Å². The van der Waals surface area contributed by atoms with Gasteiger partial charge in [-0.2, -0.15) is 5.10 Å². The van der Waals surface area contributed by atoms with E-state index in [9.17, 15) is 9.59 Å². The van der Waals surface area contributed by atoms with Gasteiger partial charge < -0.3 is 14.8 Å². The molecule has 1 aromatic heterocycles. The van der Waals surface area contributed by atoms with Crippen molar-refractivity contribution in [1.82, 2.24) is 19.7 Å². The molecule has 0 saturated carbocycles. The lowest BCUT2D eigenvalue weighted by Crippen LogP contribution is -2.35. The number of carbonyl (C=O) groups is 1. The van der Waals surface area contributed by atoms with Crippen LogP contribution in [0, 0.1) is 0 Å². The highest BCUT2D eigenvalue weighted by molar-refractivity contribution is 5.94. The minimum Gasteiger partial charge on any atom is -0.496 e. The number of fused-ring (bicyclic) bond motifs is 1. The number of benzene rings is 1. The summed E-state index contributed by atoms with van der Waals surface area (Å²) in [5.41, 5.74) is 1.29. The Morgan fingerprint density at radius 2 is 2.15 bits per heavy atom. The van der Waals surface area contributed by atoms with Crippen LogP contribution in [0.5, 0.6) is 5.75 Å². The topological polar surface area (TPSA) is 87.4 Å². The fourth-order valence-electron chi connectivity index (χ4n) is 3.30. The van der Waals surface area contributed by atoms with Gasteiger partial charge in [-0.15, -0.1) is 0 Å². The van der Waals surface area contributed by atoms with Crippen molar-refractivity contribution in [3.8, 4) is 5.75 Å². The van der Waals surface area contributed by atoms with Gasteiger partial charge in [0, 0.05) is 44.3 Å². The van der Waals surface area contributed by atoms with Gasteiger partial charge in [0.1, 0.15) is 11.6 Å². The number of rotatable bonds is 5. The Labute approximate surface area is 151 Å². The lowest BCUT2D eigenvalue weighted by atomic mass is 10.1. The number of ether oxygens (including phenoxy) is 2. The third kappa shape index (κ3) is 3.65. The highest BCUT2D eigenvalue weighted by atomic mass is 16.5. The molecule has 140 valence electrons. The quantitative estimate of drug-likeness (QED) is 0.855. The van der Waals surface area contributed by atoms with E-state index in [1.54, 1.807) is 44.0 Å². The lowest BCUT2D eigenvalue weighted by molar-refractivity contribution is 0.0932. The molecule has 1 aromatic carbocycles. The fourth-order valence-corrected chi connectivity index (χ4v) is 3.30. The van der Waals surface area contributed by atoms with Crippen LogP contribution in [0.2, 0.25) is 0 Å². The summed E-state index contributed by atoms with van der Waals surface area (Å²) in [6.07, 6.45) is 2.12. The normalized spacial score (nSPS) is 16.7. The SMILES string of the molecule is COCc1cc(C(=O)NC2CCc3nn(C)c(=O)n3CC2)ccc1OC. The monoisotopic (exact) mass is 360 g/mol. The predicted octanol–water partition coefficient (Wildman–Crippen LogP) is 0.872. The summed E-state index contributed by atoms with van der Waals surface area (Å²) in [4.78, 5) is 24.7. The number of carbonyl (C=O) groups excluding carboxylic acids is 1. The average molecular weight is 360 g/mol. The van der Waals surface area contributed by atoms with E-state index in [0.717, 1.165) is 17.8 Å². The molecule has 0 fully saturated rings. The number of nitrogens with one attached hydrogen (secondary N) is 1. The van der Waals surface area contributed by atoms with E-state index in [0.29, 0.717) is 37.3 Å². The summed E-state index contributed by atoms with van der Waals surface area (Å²) < 4.78 is 13.5. The van der Waals surface area contributed by atoms with Crippen LogP contribution in [-0.4, -0.2) is 40.5 Å². The predicted molar refractivity (Wildman–Crippen MR) is 95.4 cm³/mol. The van der Waals surface area contributed by atoms with Crippen molar-refractivity contribution in [3.05, 3.63) is 45.6 Å². The minimum absolute atomic E-state index is 0.00174. The molecule has 2 aromatic rings. The summed E-state index contributed by atoms with van der Waals surface area (Å²) >= 11 is 0. The number of hydrogen-bond donors (Lipinski definition) is 1. The molecule has 0 radical (unpaired) electrons. The number of methoxy groups -OCH3 is 2. The van der Waals surface area contributed by atoms with Crippen LogP contribution in [-0.2, 0) is 31.4 Å². The first-order chi connectivity index (χ1) is 12.5. The van der Waals surface area contributed by atoms with E-state index < -0.39 is 0 Å². The van der Waals surface area contributed by atoms with E-state index in [-0.39, 0.29) is 17.6 Å². The second kappa shape index (κ2) is 7.74. The standard InChI is InChI=1S/C18H24N4O4/c1-21-18(24)22-9-8-14(5-7-16(22)20-21)19-17(23)12-4-6-15(26-3)13(10-12)11-25-2/h4,6,10,14H,5,7-9,11H2,1-3H3,(H,19,23). The Morgan fingerprint density at radius 1 is 1.35 bits per heavy atom. The van der Waals surface area contributed by atoms with Crippen LogP contribution in [0.3, 0.4) is 0 Å². The molecular weight excluding hydrogens is 336 g/mol. The van der Waals surface area contributed by atoms with Crippen molar-refractivity contribution < 1.29 is 14.3 Å². The van der Waals surface area contributed by atoms with Gasteiger partial charge in [0.05, 0.1) is 13.7 Å². The van der Waals surface area contributed by atoms with Crippen LogP contribution in [0.25, 0.3) is 0 Å². The second-order valence-corrected chi connectivity index (χ2v) is 6.43. The van der Waals surface area contributed by atoms with Gasteiger partial charge in [-0.1, -0.05) is 0 Å². The number of amides is 1. The maximum absolute atomic E-state index is 12.6. The first-order valence-corrected chi connectivity index (χ1v) is 8.63.